The number of fused-ring (bicyclic) bond motifs is 10. The van der Waals surface area contributed by atoms with Crippen molar-refractivity contribution < 1.29 is 23.9 Å². The van der Waals surface area contributed by atoms with Gasteiger partial charge in [-0.2, -0.15) is 0 Å². The molecule has 5 fully saturated rings. The summed E-state index contributed by atoms with van der Waals surface area (Å²) in [6, 6.07) is 0. The van der Waals surface area contributed by atoms with Crippen molar-refractivity contribution >= 4 is 17.5 Å². The molecule has 6 aliphatic rings. The van der Waals surface area contributed by atoms with Crippen LogP contribution in [0.4, 0.5) is 0 Å². The molecule has 0 bridgehead atoms. The van der Waals surface area contributed by atoms with Crippen LogP contribution in [0, 0.1) is 40.4 Å². The van der Waals surface area contributed by atoms with E-state index >= 15 is 0 Å². The third-order valence-electron chi connectivity index (χ3n) is 10.2. The van der Waals surface area contributed by atoms with Gasteiger partial charge in [-0.1, -0.05) is 13.8 Å². The van der Waals surface area contributed by atoms with Gasteiger partial charge in [-0.15, -0.1) is 0 Å². The largest absolute Gasteiger partial charge is 0.451 e. The number of hydrogen-bond donors (Lipinski definition) is 0. The molecule has 10 atom stereocenters. The molecule has 0 amide bonds. The maximum atomic E-state index is 12.8. The van der Waals surface area contributed by atoms with Crippen molar-refractivity contribution in [1.82, 2.24) is 0 Å². The van der Waals surface area contributed by atoms with E-state index in [1.165, 1.54) is 12.5 Å². The molecule has 5 aliphatic carbocycles. The van der Waals surface area contributed by atoms with Crippen LogP contribution in [0.2, 0.25) is 0 Å². The first-order valence-electron chi connectivity index (χ1n) is 11.3. The van der Waals surface area contributed by atoms with Gasteiger partial charge in [-0.25, -0.2) is 0 Å². The van der Waals surface area contributed by atoms with Crippen LogP contribution in [-0.2, 0) is 23.9 Å². The molecule has 0 spiro atoms. The summed E-state index contributed by atoms with van der Waals surface area (Å²) in [5.41, 5.74) is -0.0364. The lowest BCUT2D eigenvalue weighted by Gasteiger charge is -2.58. The average molecular weight is 398 g/mol. The van der Waals surface area contributed by atoms with Crippen molar-refractivity contribution in [2.75, 3.05) is 0 Å². The van der Waals surface area contributed by atoms with Crippen molar-refractivity contribution in [3.63, 3.8) is 0 Å². The van der Waals surface area contributed by atoms with Gasteiger partial charge in [-0.05, 0) is 79.8 Å². The normalized spacial score (nSPS) is 56.1. The first-order chi connectivity index (χ1) is 13.6. The first kappa shape index (κ1) is 18.3. The van der Waals surface area contributed by atoms with Gasteiger partial charge in [0.05, 0.1) is 6.10 Å². The van der Waals surface area contributed by atoms with Gasteiger partial charge in [0.25, 0.3) is 0 Å². The Morgan fingerprint density at radius 2 is 1.83 bits per heavy atom. The van der Waals surface area contributed by atoms with Crippen LogP contribution in [0.1, 0.15) is 59.8 Å². The molecule has 5 nitrogen and oxygen atoms in total. The summed E-state index contributed by atoms with van der Waals surface area (Å²) in [4.78, 5) is 37.2. The Hall–Kier alpha value is -1.49. The van der Waals surface area contributed by atoms with Gasteiger partial charge in [0, 0.05) is 18.3 Å². The molecule has 0 aromatic rings. The summed E-state index contributed by atoms with van der Waals surface area (Å²) in [5.74, 6) is 1.79. The van der Waals surface area contributed by atoms with Gasteiger partial charge in [-0.3, -0.25) is 14.4 Å². The smallest absolute Gasteiger partial charge is 0.303 e. The minimum Gasteiger partial charge on any atom is -0.451 e. The van der Waals surface area contributed by atoms with Crippen LogP contribution < -0.4 is 0 Å². The Labute approximate surface area is 171 Å². The lowest BCUT2D eigenvalue weighted by molar-refractivity contribution is -0.187. The van der Waals surface area contributed by atoms with E-state index in [4.69, 9.17) is 9.47 Å². The second-order valence-corrected chi connectivity index (χ2v) is 11.0. The minimum absolute atomic E-state index is 0.0162. The molecule has 0 aromatic carbocycles. The average Bonchev–Trinajstić information content (AvgIpc) is 3.54. The highest BCUT2D eigenvalue weighted by molar-refractivity contribution is 5.96. The van der Waals surface area contributed by atoms with E-state index in [9.17, 15) is 14.4 Å². The molecule has 6 rings (SSSR count). The number of carbonyl (C=O) groups excluding carboxylic acids is 3. The molecule has 1 heterocycles. The predicted molar refractivity (Wildman–Crippen MR) is 104 cm³/mol. The standard InChI is InChI=1S/C24H30O5/c1-11(25)24(29-12(2)26)8-6-14-19-15(5-7-22(14,24)3)23(4)16-9-13(16)18(27)10-17(23)20-21(19)28-20/h10,13-16,19-21H,5-9H2,1-4H3/t13-,14?,15?,16?,19?,20-,21+,22+,23+,24+/m1/s1. The summed E-state index contributed by atoms with van der Waals surface area (Å²) in [7, 11) is 0. The molecule has 4 saturated carbocycles. The van der Waals surface area contributed by atoms with Gasteiger partial charge in [0.2, 0.25) is 0 Å². The molecule has 156 valence electrons. The van der Waals surface area contributed by atoms with E-state index in [1.807, 2.05) is 6.08 Å². The third-order valence-corrected chi connectivity index (χ3v) is 10.2. The predicted octanol–water partition coefficient (Wildman–Crippen LogP) is 3.25. The summed E-state index contributed by atoms with van der Waals surface area (Å²) in [6.45, 7) is 7.57. The number of Topliss-reactive ketones (excluding diaryl/α,β-unsaturated/α-hetero) is 1. The summed E-state index contributed by atoms with van der Waals surface area (Å²) >= 11 is 0. The van der Waals surface area contributed by atoms with E-state index < -0.39 is 5.60 Å². The number of carbonyl (C=O) groups is 3. The second kappa shape index (κ2) is 5.22. The van der Waals surface area contributed by atoms with E-state index in [1.54, 1.807) is 6.92 Å². The Bertz CT molecular complexity index is 890. The molecule has 0 aromatic heterocycles. The molecule has 0 radical (unpaired) electrons. The Morgan fingerprint density at radius 3 is 2.52 bits per heavy atom. The van der Waals surface area contributed by atoms with Crippen molar-refractivity contribution in [2.24, 2.45) is 40.4 Å². The lowest BCUT2D eigenvalue weighted by atomic mass is 9.46. The highest BCUT2D eigenvalue weighted by Crippen LogP contribution is 2.75. The van der Waals surface area contributed by atoms with Crippen LogP contribution >= 0.6 is 0 Å². The second-order valence-electron chi connectivity index (χ2n) is 11.0. The lowest BCUT2D eigenvalue weighted by Crippen LogP contribution is -2.60. The van der Waals surface area contributed by atoms with Crippen molar-refractivity contribution in [3.05, 3.63) is 11.6 Å². The summed E-state index contributed by atoms with van der Waals surface area (Å²) in [5, 5.41) is 0. The number of ether oxygens (including phenoxy) is 2. The maximum Gasteiger partial charge on any atom is 0.303 e. The van der Waals surface area contributed by atoms with Crippen molar-refractivity contribution in [2.45, 2.75) is 77.6 Å². The fourth-order valence-electron chi connectivity index (χ4n) is 8.76. The van der Waals surface area contributed by atoms with Gasteiger partial charge in [0.1, 0.15) is 6.10 Å². The van der Waals surface area contributed by atoms with Crippen LogP contribution in [0.3, 0.4) is 0 Å². The fraction of sp³-hybridized carbons (Fsp3) is 0.792. The van der Waals surface area contributed by atoms with Gasteiger partial charge < -0.3 is 9.47 Å². The van der Waals surface area contributed by atoms with Gasteiger partial charge in [0.15, 0.2) is 17.2 Å². The van der Waals surface area contributed by atoms with Crippen LogP contribution in [0.5, 0.6) is 0 Å². The van der Waals surface area contributed by atoms with E-state index in [2.05, 4.69) is 13.8 Å². The molecular weight excluding hydrogens is 368 g/mol. The van der Waals surface area contributed by atoms with Gasteiger partial charge >= 0.3 is 5.97 Å². The maximum absolute atomic E-state index is 12.8. The van der Waals surface area contributed by atoms with Crippen LogP contribution in [0.15, 0.2) is 11.6 Å². The Morgan fingerprint density at radius 1 is 1.10 bits per heavy atom. The zero-order valence-electron chi connectivity index (χ0n) is 17.7. The number of hydrogen-bond acceptors (Lipinski definition) is 5. The summed E-state index contributed by atoms with van der Waals surface area (Å²) in [6.07, 6.45) is 6.59. The highest BCUT2D eigenvalue weighted by atomic mass is 16.6. The molecule has 4 unspecified atom stereocenters. The Kier molecular flexibility index (Phi) is 3.29. The Balaban J connectivity index is 1.42. The van der Waals surface area contributed by atoms with E-state index in [-0.39, 0.29) is 40.7 Å². The zero-order valence-corrected chi connectivity index (χ0v) is 17.7. The molecule has 29 heavy (non-hydrogen) atoms. The topological polar surface area (TPSA) is 73.0 Å². The zero-order chi connectivity index (χ0) is 20.5. The number of esters is 1. The fourth-order valence-corrected chi connectivity index (χ4v) is 8.76. The van der Waals surface area contributed by atoms with Crippen molar-refractivity contribution in [1.29, 1.82) is 0 Å². The van der Waals surface area contributed by atoms with Crippen LogP contribution in [-0.4, -0.2) is 35.3 Å². The number of ketones is 2. The molecule has 1 saturated heterocycles. The third kappa shape index (κ3) is 1.94. The molecular formula is C24H30O5. The molecule has 0 N–H and O–H groups in total. The van der Waals surface area contributed by atoms with E-state index in [0.717, 1.165) is 25.7 Å². The quantitative estimate of drug-likeness (QED) is 0.527. The van der Waals surface area contributed by atoms with Crippen LogP contribution in [0.25, 0.3) is 0 Å². The monoisotopic (exact) mass is 398 g/mol. The van der Waals surface area contributed by atoms with E-state index in [0.29, 0.717) is 35.9 Å². The highest BCUT2D eigenvalue weighted by Gasteiger charge is 2.76. The summed E-state index contributed by atoms with van der Waals surface area (Å²) < 4.78 is 12.1. The van der Waals surface area contributed by atoms with Crippen molar-refractivity contribution in [3.8, 4) is 0 Å². The minimum atomic E-state index is -0.999. The molecule has 1 aliphatic heterocycles. The SMILES string of the molecule is CC(=O)O[C@]1(C(C)=O)CCC2C3C(CC[C@@]21C)[C@]1(C)C(=CC(=O)[C@@H]2CC21)[C@H]1O[C@@H]31. The molecule has 5 heteroatoms. The number of rotatable bonds is 2. The number of epoxide rings is 1. The first-order valence-corrected chi connectivity index (χ1v) is 11.3.